The summed E-state index contributed by atoms with van der Waals surface area (Å²) >= 11 is 0. The van der Waals surface area contributed by atoms with E-state index in [1.807, 2.05) is 20.8 Å². The Morgan fingerprint density at radius 1 is 1.35 bits per heavy atom. The fraction of sp³-hybridized carbons (Fsp3) is 0.400. The van der Waals surface area contributed by atoms with Crippen LogP contribution >= 0.6 is 0 Å². The number of hydrogen-bond acceptors (Lipinski definition) is 5. The van der Waals surface area contributed by atoms with Crippen molar-refractivity contribution in [1.29, 1.82) is 0 Å². The summed E-state index contributed by atoms with van der Waals surface area (Å²) in [6, 6.07) is 0. The van der Waals surface area contributed by atoms with Gasteiger partial charge in [0.25, 0.3) is 5.91 Å². The van der Waals surface area contributed by atoms with Gasteiger partial charge in [-0.15, -0.1) is 0 Å². The second-order valence-corrected chi connectivity index (χ2v) is 4.75. The number of primary amides is 1. The molecule has 17 heavy (non-hydrogen) atoms. The molecule has 0 bridgehead atoms. The molecule has 0 atom stereocenters. The number of anilines is 1. The van der Waals surface area contributed by atoms with Gasteiger partial charge < -0.3 is 11.5 Å². The SMILES string of the molecule is CC(C)(C)n1nc(C(N)=O)c2c(N)ncnc21. The maximum absolute atomic E-state index is 11.3. The van der Waals surface area contributed by atoms with Gasteiger partial charge in [0.05, 0.1) is 10.9 Å². The highest BCUT2D eigenvalue weighted by Gasteiger charge is 2.24. The van der Waals surface area contributed by atoms with Crippen LogP contribution < -0.4 is 11.5 Å². The van der Waals surface area contributed by atoms with Crippen LogP contribution in [0.5, 0.6) is 0 Å². The van der Waals surface area contributed by atoms with Gasteiger partial charge in [-0.3, -0.25) is 4.79 Å². The van der Waals surface area contributed by atoms with E-state index in [9.17, 15) is 4.79 Å². The Kier molecular flexibility index (Phi) is 2.27. The lowest BCUT2D eigenvalue weighted by Crippen LogP contribution is -2.24. The second kappa shape index (κ2) is 3.41. The molecule has 0 radical (unpaired) electrons. The Labute approximate surface area is 97.8 Å². The molecule has 2 aromatic rings. The van der Waals surface area contributed by atoms with Crippen LogP contribution in [-0.4, -0.2) is 25.7 Å². The molecule has 0 fully saturated rings. The van der Waals surface area contributed by atoms with Crippen molar-refractivity contribution < 1.29 is 4.79 Å². The first-order valence-corrected chi connectivity index (χ1v) is 5.12. The average Bonchev–Trinajstić information content (AvgIpc) is 2.57. The zero-order valence-corrected chi connectivity index (χ0v) is 9.93. The summed E-state index contributed by atoms with van der Waals surface area (Å²) < 4.78 is 1.63. The first kappa shape index (κ1) is 11.3. The summed E-state index contributed by atoms with van der Waals surface area (Å²) in [6.45, 7) is 5.84. The molecule has 2 rings (SSSR count). The zero-order chi connectivity index (χ0) is 12.8. The van der Waals surface area contributed by atoms with Gasteiger partial charge >= 0.3 is 0 Å². The van der Waals surface area contributed by atoms with Crippen LogP contribution in [0.1, 0.15) is 31.3 Å². The predicted octanol–water partition coefficient (Wildman–Crippen LogP) is 0.262. The summed E-state index contributed by atoms with van der Waals surface area (Å²) in [5, 5.41) is 4.59. The number of aromatic nitrogens is 4. The van der Waals surface area contributed by atoms with E-state index >= 15 is 0 Å². The van der Waals surface area contributed by atoms with Gasteiger partial charge in [0.15, 0.2) is 11.3 Å². The number of amides is 1. The van der Waals surface area contributed by atoms with Gasteiger partial charge in [-0.1, -0.05) is 0 Å². The quantitative estimate of drug-likeness (QED) is 0.735. The van der Waals surface area contributed by atoms with E-state index in [0.29, 0.717) is 11.0 Å². The zero-order valence-electron chi connectivity index (χ0n) is 9.93. The van der Waals surface area contributed by atoms with Gasteiger partial charge in [0.1, 0.15) is 12.1 Å². The Hall–Kier alpha value is -2.18. The Morgan fingerprint density at radius 3 is 2.53 bits per heavy atom. The molecular weight excluding hydrogens is 220 g/mol. The molecule has 0 aliphatic rings. The van der Waals surface area contributed by atoms with Crippen molar-refractivity contribution in [3.63, 3.8) is 0 Å². The van der Waals surface area contributed by atoms with Gasteiger partial charge in [-0.05, 0) is 20.8 Å². The van der Waals surface area contributed by atoms with Crippen LogP contribution in [0.3, 0.4) is 0 Å². The van der Waals surface area contributed by atoms with E-state index in [2.05, 4.69) is 15.1 Å². The van der Waals surface area contributed by atoms with Crippen LogP contribution in [0.2, 0.25) is 0 Å². The maximum atomic E-state index is 11.3. The van der Waals surface area contributed by atoms with Crippen molar-refractivity contribution >= 4 is 22.8 Å². The molecule has 1 amide bonds. The Balaban J connectivity index is 2.90. The third-order valence-corrected chi connectivity index (χ3v) is 2.36. The monoisotopic (exact) mass is 234 g/mol. The lowest BCUT2D eigenvalue weighted by Gasteiger charge is -2.19. The minimum Gasteiger partial charge on any atom is -0.383 e. The maximum Gasteiger partial charge on any atom is 0.270 e. The third kappa shape index (κ3) is 1.69. The van der Waals surface area contributed by atoms with Crippen LogP contribution in [0, 0.1) is 0 Å². The minimum absolute atomic E-state index is 0.105. The van der Waals surface area contributed by atoms with Crippen LogP contribution in [0.25, 0.3) is 11.0 Å². The highest BCUT2D eigenvalue weighted by molar-refractivity contribution is 6.06. The van der Waals surface area contributed by atoms with Crippen molar-refractivity contribution in [3.8, 4) is 0 Å². The van der Waals surface area contributed by atoms with Gasteiger partial charge in [0, 0.05) is 0 Å². The summed E-state index contributed by atoms with van der Waals surface area (Å²) in [4.78, 5) is 19.3. The average molecular weight is 234 g/mol. The van der Waals surface area contributed by atoms with E-state index in [-0.39, 0.29) is 17.1 Å². The molecule has 0 saturated carbocycles. The highest BCUT2D eigenvalue weighted by Crippen LogP contribution is 2.25. The first-order chi connectivity index (χ1) is 7.82. The van der Waals surface area contributed by atoms with Gasteiger partial charge in [0.2, 0.25) is 0 Å². The number of hydrogen-bond donors (Lipinski definition) is 2. The molecule has 0 unspecified atom stereocenters. The fourth-order valence-corrected chi connectivity index (χ4v) is 1.61. The number of rotatable bonds is 1. The molecule has 2 aromatic heterocycles. The normalized spacial score (nSPS) is 11.9. The molecular formula is C10H14N6O. The molecule has 0 aliphatic heterocycles. The Morgan fingerprint density at radius 2 is 2.00 bits per heavy atom. The molecule has 90 valence electrons. The minimum atomic E-state index is -0.639. The summed E-state index contributed by atoms with van der Waals surface area (Å²) in [5.41, 5.74) is 11.3. The molecule has 7 heteroatoms. The van der Waals surface area contributed by atoms with Crippen LogP contribution in [0.4, 0.5) is 5.82 Å². The smallest absolute Gasteiger partial charge is 0.270 e. The van der Waals surface area contributed by atoms with Crippen molar-refractivity contribution in [2.45, 2.75) is 26.3 Å². The van der Waals surface area contributed by atoms with Crippen molar-refractivity contribution in [2.24, 2.45) is 5.73 Å². The lowest BCUT2D eigenvalue weighted by molar-refractivity contribution is 0.0995. The molecule has 4 N–H and O–H groups in total. The highest BCUT2D eigenvalue weighted by atomic mass is 16.1. The van der Waals surface area contributed by atoms with Gasteiger partial charge in [-0.25, -0.2) is 14.6 Å². The molecule has 2 heterocycles. The molecule has 0 aromatic carbocycles. The number of nitrogens with zero attached hydrogens (tertiary/aromatic N) is 4. The third-order valence-electron chi connectivity index (χ3n) is 2.36. The molecule has 0 saturated heterocycles. The van der Waals surface area contributed by atoms with Crippen molar-refractivity contribution in [3.05, 3.63) is 12.0 Å². The molecule has 7 nitrogen and oxygen atoms in total. The topological polar surface area (TPSA) is 113 Å². The standard InChI is InChI=1S/C10H14N6O/c1-10(2,3)16-9-5(6(15-16)8(12)17)7(11)13-4-14-9/h4H,1-3H3,(H2,12,17)(H2,11,13,14). The summed E-state index contributed by atoms with van der Waals surface area (Å²) in [5.74, 6) is -0.432. The van der Waals surface area contributed by atoms with E-state index in [1.165, 1.54) is 6.33 Å². The van der Waals surface area contributed by atoms with Crippen molar-refractivity contribution in [2.75, 3.05) is 5.73 Å². The number of carbonyl (C=O) groups is 1. The van der Waals surface area contributed by atoms with E-state index < -0.39 is 5.91 Å². The Bertz CT molecular complexity index is 595. The van der Waals surface area contributed by atoms with Crippen molar-refractivity contribution in [1.82, 2.24) is 19.7 Å². The van der Waals surface area contributed by atoms with E-state index in [0.717, 1.165) is 0 Å². The second-order valence-electron chi connectivity index (χ2n) is 4.75. The molecule has 0 aliphatic carbocycles. The van der Waals surface area contributed by atoms with E-state index in [1.54, 1.807) is 4.68 Å². The lowest BCUT2D eigenvalue weighted by atomic mass is 10.1. The number of fused-ring (bicyclic) bond motifs is 1. The van der Waals surface area contributed by atoms with Crippen LogP contribution in [-0.2, 0) is 5.54 Å². The number of nitrogens with two attached hydrogens (primary N) is 2. The molecule has 0 spiro atoms. The fourth-order valence-electron chi connectivity index (χ4n) is 1.61. The summed E-state index contributed by atoms with van der Waals surface area (Å²) in [7, 11) is 0. The number of nitrogen functional groups attached to an aromatic ring is 1. The van der Waals surface area contributed by atoms with Gasteiger partial charge in [-0.2, -0.15) is 5.10 Å². The van der Waals surface area contributed by atoms with Crippen LogP contribution in [0.15, 0.2) is 6.33 Å². The van der Waals surface area contributed by atoms with E-state index in [4.69, 9.17) is 11.5 Å². The predicted molar refractivity (Wildman–Crippen MR) is 63.2 cm³/mol. The first-order valence-electron chi connectivity index (χ1n) is 5.12. The summed E-state index contributed by atoms with van der Waals surface area (Å²) in [6.07, 6.45) is 1.34. The number of carbonyl (C=O) groups excluding carboxylic acids is 1. The largest absolute Gasteiger partial charge is 0.383 e.